The average molecular weight is 416 g/mol. The molecule has 2 aromatic carbocycles. The highest BCUT2D eigenvalue weighted by Gasteiger charge is 2.33. The molecule has 8 nitrogen and oxygen atoms in total. The van der Waals surface area contributed by atoms with E-state index in [1.165, 1.54) is 30.6 Å². The van der Waals surface area contributed by atoms with E-state index in [1.54, 1.807) is 6.07 Å². The third-order valence-electron chi connectivity index (χ3n) is 3.38. The number of hydrogen-bond acceptors (Lipinski definition) is 4. The summed E-state index contributed by atoms with van der Waals surface area (Å²) >= 11 is 5.51. The highest BCUT2D eigenvalue weighted by Crippen LogP contribution is 2.36. The predicted octanol–water partition coefficient (Wildman–Crippen LogP) is 2.33. The maximum Gasteiger partial charge on any atom is 0.417 e. The molecule has 12 heteroatoms. The van der Waals surface area contributed by atoms with Gasteiger partial charge < -0.3 is 5.32 Å². The summed E-state index contributed by atoms with van der Waals surface area (Å²) in [6.07, 6.45) is -3.46. The number of anilines is 1. The lowest BCUT2D eigenvalue weighted by atomic mass is 10.2. The van der Waals surface area contributed by atoms with Crippen molar-refractivity contribution in [3.05, 3.63) is 58.6 Å². The molecule has 2 aromatic rings. The monoisotopic (exact) mass is 415 g/mol. The van der Waals surface area contributed by atoms with Gasteiger partial charge in [-0.1, -0.05) is 17.7 Å². The summed E-state index contributed by atoms with van der Waals surface area (Å²) in [6, 6.07) is 7.69. The van der Waals surface area contributed by atoms with E-state index in [4.69, 9.17) is 23.3 Å². The summed E-state index contributed by atoms with van der Waals surface area (Å²) in [4.78, 5) is 24.1. The van der Waals surface area contributed by atoms with Crippen LogP contribution in [0.15, 0.2) is 42.5 Å². The second-order valence-electron chi connectivity index (χ2n) is 5.35. The van der Waals surface area contributed by atoms with Gasteiger partial charge in [0, 0.05) is 17.3 Å². The molecule has 0 bridgehead atoms. The van der Waals surface area contributed by atoms with Gasteiger partial charge in [0.2, 0.25) is 0 Å². The van der Waals surface area contributed by atoms with E-state index in [2.05, 4.69) is 10.7 Å². The van der Waals surface area contributed by atoms with Crippen molar-refractivity contribution < 1.29 is 27.4 Å². The lowest BCUT2D eigenvalue weighted by Gasteiger charge is -2.12. The molecular formula is C16H15ClF3N6O2+. The number of hydrazone groups is 1. The zero-order valence-electron chi connectivity index (χ0n) is 14.0. The summed E-state index contributed by atoms with van der Waals surface area (Å²) in [5.74, 6) is 9.98. The van der Waals surface area contributed by atoms with E-state index in [9.17, 15) is 22.8 Å². The van der Waals surface area contributed by atoms with E-state index in [0.29, 0.717) is 11.8 Å². The van der Waals surface area contributed by atoms with Gasteiger partial charge in [-0.05, 0) is 30.3 Å². The molecule has 0 fully saturated rings. The molecular weight excluding hydrogens is 401 g/mol. The van der Waals surface area contributed by atoms with Crippen molar-refractivity contribution in [2.45, 2.75) is 6.18 Å². The standard InChI is InChI=1S/C16H14ClF3N6O2/c17-13-5-4-10(7-12(13)16(18,19)20)24-15(28)25-14(27)9-2-1-3-11(6-9)26(22)8-23-21/h1-8H,21-22H2,(H2,24,25,27,28)/p+1. The summed E-state index contributed by atoms with van der Waals surface area (Å²) in [7, 11) is 0. The summed E-state index contributed by atoms with van der Waals surface area (Å²) in [5.41, 5.74) is 1.39. The molecule has 0 spiro atoms. The van der Waals surface area contributed by atoms with Crippen LogP contribution in [0.3, 0.4) is 0 Å². The van der Waals surface area contributed by atoms with Crippen LogP contribution in [0.2, 0.25) is 5.02 Å². The SMILES string of the molecule is NN/C=[N+](\N)c1cccc(C(=O)NC(=O)Nc2ccc(Cl)c(C(F)(F)F)c2)c1. The zero-order chi connectivity index (χ0) is 20.9. The Bertz CT molecular complexity index is 933. The van der Waals surface area contributed by atoms with E-state index < -0.39 is 28.7 Å². The van der Waals surface area contributed by atoms with E-state index in [1.807, 2.05) is 5.32 Å². The fourth-order valence-corrected chi connectivity index (χ4v) is 2.35. The van der Waals surface area contributed by atoms with Gasteiger partial charge >= 0.3 is 12.2 Å². The number of carbonyl (C=O) groups excluding carboxylic acids is 2. The highest BCUT2D eigenvalue weighted by molar-refractivity contribution is 6.31. The Hall–Kier alpha value is -3.31. The van der Waals surface area contributed by atoms with Crippen LogP contribution < -0.4 is 27.7 Å². The Morgan fingerprint density at radius 1 is 1.14 bits per heavy atom. The van der Waals surface area contributed by atoms with Crippen LogP contribution in [0.25, 0.3) is 0 Å². The Balaban J connectivity index is 2.11. The molecule has 7 N–H and O–H groups in total. The number of rotatable bonds is 4. The fraction of sp³-hybridized carbons (Fsp3) is 0.0625. The smallest absolute Gasteiger partial charge is 0.308 e. The van der Waals surface area contributed by atoms with Gasteiger partial charge in [-0.25, -0.2) is 10.2 Å². The van der Waals surface area contributed by atoms with Crippen LogP contribution in [0.1, 0.15) is 15.9 Å². The maximum atomic E-state index is 12.9. The molecule has 0 radical (unpaired) electrons. The van der Waals surface area contributed by atoms with Crippen LogP contribution in [-0.2, 0) is 6.18 Å². The van der Waals surface area contributed by atoms with Crippen molar-refractivity contribution in [2.24, 2.45) is 11.7 Å². The molecule has 0 aliphatic rings. The number of nitrogens with two attached hydrogens (primary N) is 2. The number of halogens is 4. The first kappa shape index (κ1) is 21.0. The van der Waals surface area contributed by atoms with Crippen LogP contribution in [0.5, 0.6) is 0 Å². The fourth-order valence-electron chi connectivity index (χ4n) is 2.12. The summed E-state index contributed by atoms with van der Waals surface area (Å²) < 4.78 is 39.7. The molecule has 0 unspecified atom stereocenters. The molecule has 0 aliphatic carbocycles. The van der Waals surface area contributed by atoms with Gasteiger partial charge in [0.05, 0.1) is 10.6 Å². The Labute approximate surface area is 161 Å². The number of hydrogen-bond donors (Lipinski definition) is 5. The van der Waals surface area contributed by atoms with Gasteiger partial charge in [-0.3, -0.25) is 16.0 Å². The van der Waals surface area contributed by atoms with Crippen molar-refractivity contribution in [2.75, 3.05) is 5.32 Å². The van der Waals surface area contributed by atoms with Crippen molar-refractivity contribution in [3.63, 3.8) is 0 Å². The minimum Gasteiger partial charge on any atom is -0.308 e. The zero-order valence-corrected chi connectivity index (χ0v) is 14.8. The van der Waals surface area contributed by atoms with Gasteiger partial charge in [0.25, 0.3) is 12.2 Å². The van der Waals surface area contributed by atoms with Crippen LogP contribution in [0, 0.1) is 0 Å². The number of nitrogens with zero attached hydrogens (tertiary/aromatic N) is 1. The topological polar surface area (TPSA) is 125 Å². The Morgan fingerprint density at radius 3 is 2.50 bits per heavy atom. The van der Waals surface area contributed by atoms with Crippen molar-refractivity contribution in [1.29, 1.82) is 0 Å². The van der Waals surface area contributed by atoms with E-state index in [-0.39, 0.29) is 11.3 Å². The molecule has 148 valence electrons. The second kappa shape index (κ2) is 8.59. The lowest BCUT2D eigenvalue weighted by molar-refractivity contribution is -0.449. The molecule has 0 aliphatic heterocycles. The number of alkyl halides is 3. The summed E-state index contributed by atoms with van der Waals surface area (Å²) in [6.45, 7) is 0. The third kappa shape index (κ3) is 5.34. The normalized spacial score (nSPS) is 11.7. The van der Waals surface area contributed by atoms with Gasteiger partial charge in [0.15, 0.2) is 5.69 Å². The lowest BCUT2D eigenvalue weighted by Crippen LogP contribution is -2.34. The van der Waals surface area contributed by atoms with Crippen molar-refractivity contribution >= 4 is 41.3 Å². The minimum absolute atomic E-state index is 0.0839. The van der Waals surface area contributed by atoms with E-state index >= 15 is 0 Å². The predicted molar refractivity (Wildman–Crippen MR) is 96.9 cm³/mol. The van der Waals surface area contributed by atoms with Crippen molar-refractivity contribution in [1.82, 2.24) is 10.7 Å². The average Bonchev–Trinajstić information content (AvgIpc) is 2.62. The molecule has 2 rings (SSSR count). The first-order valence-corrected chi connectivity index (χ1v) is 7.92. The second-order valence-corrected chi connectivity index (χ2v) is 5.76. The van der Waals surface area contributed by atoms with Crippen molar-refractivity contribution in [3.8, 4) is 0 Å². The number of amides is 3. The van der Waals surface area contributed by atoms with Crippen LogP contribution >= 0.6 is 11.6 Å². The molecule has 0 aromatic heterocycles. The van der Waals surface area contributed by atoms with Crippen LogP contribution in [0.4, 0.5) is 29.3 Å². The first-order chi connectivity index (χ1) is 13.1. The summed E-state index contributed by atoms with van der Waals surface area (Å²) in [5, 5.41) is 3.63. The molecule has 0 saturated carbocycles. The number of urea groups is 1. The number of carbonyl (C=O) groups is 2. The van der Waals surface area contributed by atoms with Crippen LogP contribution in [-0.4, -0.2) is 23.0 Å². The molecule has 3 amide bonds. The molecule has 0 heterocycles. The Morgan fingerprint density at radius 2 is 1.86 bits per heavy atom. The number of benzene rings is 2. The third-order valence-corrected chi connectivity index (χ3v) is 3.71. The largest absolute Gasteiger partial charge is 0.417 e. The quantitative estimate of drug-likeness (QED) is 0.172. The number of imide groups is 1. The number of nitrogens with one attached hydrogen (secondary N) is 3. The van der Waals surface area contributed by atoms with Gasteiger partial charge in [-0.2, -0.15) is 19.0 Å². The Kier molecular flexibility index (Phi) is 6.44. The minimum atomic E-state index is -4.69. The van der Waals surface area contributed by atoms with E-state index in [0.717, 1.165) is 10.8 Å². The molecule has 28 heavy (non-hydrogen) atoms. The molecule has 0 atom stereocenters. The van der Waals surface area contributed by atoms with Gasteiger partial charge in [0.1, 0.15) is 0 Å². The maximum absolute atomic E-state index is 12.9. The van der Waals surface area contributed by atoms with Gasteiger partial charge in [-0.15, -0.1) is 4.68 Å². The number of hydrazine groups is 2. The molecule has 0 saturated heterocycles. The highest BCUT2D eigenvalue weighted by atomic mass is 35.5. The first-order valence-electron chi connectivity index (χ1n) is 7.54.